The average Bonchev–Trinajstić information content (AvgIpc) is 3.21. The first-order chi connectivity index (χ1) is 11.7. The van der Waals surface area contributed by atoms with Crippen LogP contribution in [-0.4, -0.2) is 16.0 Å². The van der Waals surface area contributed by atoms with Crippen molar-refractivity contribution < 1.29 is 13.7 Å². The molecule has 0 bridgehead atoms. The predicted octanol–water partition coefficient (Wildman–Crippen LogP) is 4.04. The molecule has 0 radical (unpaired) electrons. The standard InChI is InChI=1S/C18H13N3O3/c1-11-9-16(24-21-11)17(22)19-13-6-4-5-12(10-13)18-20-14-7-2-3-8-15(14)23-18/h2-10H,1H3,(H,19,22). The molecule has 0 spiro atoms. The minimum atomic E-state index is -0.356. The summed E-state index contributed by atoms with van der Waals surface area (Å²) in [5, 5.41) is 6.48. The van der Waals surface area contributed by atoms with Gasteiger partial charge in [-0.05, 0) is 37.3 Å². The molecule has 0 fully saturated rings. The lowest BCUT2D eigenvalue weighted by molar-refractivity contribution is 0.0988. The zero-order chi connectivity index (χ0) is 16.5. The Bertz CT molecular complexity index is 1000. The summed E-state index contributed by atoms with van der Waals surface area (Å²) < 4.78 is 10.7. The van der Waals surface area contributed by atoms with Gasteiger partial charge in [-0.2, -0.15) is 0 Å². The highest BCUT2D eigenvalue weighted by Gasteiger charge is 2.13. The van der Waals surface area contributed by atoms with Crippen molar-refractivity contribution in [2.75, 3.05) is 5.32 Å². The molecule has 0 saturated carbocycles. The van der Waals surface area contributed by atoms with Crippen LogP contribution in [0.4, 0.5) is 5.69 Å². The molecule has 24 heavy (non-hydrogen) atoms. The van der Waals surface area contributed by atoms with Gasteiger partial charge in [0.2, 0.25) is 11.7 Å². The number of benzene rings is 2. The Morgan fingerprint density at radius 1 is 1.08 bits per heavy atom. The lowest BCUT2D eigenvalue weighted by atomic mass is 10.2. The van der Waals surface area contributed by atoms with E-state index in [2.05, 4.69) is 15.5 Å². The number of fused-ring (bicyclic) bond motifs is 1. The van der Waals surface area contributed by atoms with Gasteiger partial charge in [0.15, 0.2) is 5.58 Å². The van der Waals surface area contributed by atoms with Crippen molar-refractivity contribution in [3.8, 4) is 11.5 Å². The topological polar surface area (TPSA) is 81.2 Å². The van der Waals surface area contributed by atoms with Crippen molar-refractivity contribution in [3.05, 3.63) is 66.1 Å². The van der Waals surface area contributed by atoms with Gasteiger partial charge in [0.1, 0.15) is 5.52 Å². The zero-order valence-electron chi connectivity index (χ0n) is 12.8. The van der Waals surface area contributed by atoms with Crippen molar-refractivity contribution in [3.63, 3.8) is 0 Å². The first-order valence-corrected chi connectivity index (χ1v) is 7.40. The van der Waals surface area contributed by atoms with Gasteiger partial charge in [-0.3, -0.25) is 4.79 Å². The van der Waals surface area contributed by atoms with Gasteiger partial charge >= 0.3 is 0 Å². The van der Waals surface area contributed by atoms with Crippen LogP contribution in [0.15, 0.2) is 63.5 Å². The highest BCUT2D eigenvalue weighted by Crippen LogP contribution is 2.26. The number of nitrogens with one attached hydrogen (secondary N) is 1. The van der Waals surface area contributed by atoms with Gasteiger partial charge in [0.25, 0.3) is 5.91 Å². The van der Waals surface area contributed by atoms with Crippen molar-refractivity contribution in [2.24, 2.45) is 0 Å². The van der Waals surface area contributed by atoms with Crippen LogP contribution < -0.4 is 5.32 Å². The summed E-state index contributed by atoms with van der Waals surface area (Å²) in [7, 11) is 0. The van der Waals surface area contributed by atoms with Crippen LogP contribution in [0.5, 0.6) is 0 Å². The van der Waals surface area contributed by atoms with Gasteiger partial charge in [-0.1, -0.05) is 23.4 Å². The van der Waals surface area contributed by atoms with Gasteiger partial charge in [0.05, 0.1) is 5.69 Å². The Hall–Kier alpha value is -3.41. The number of rotatable bonds is 3. The number of aryl methyl sites for hydroxylation is 1. The molecular formula is C18H13N3O3. The first kappa shape index (κ1) is 14.2. The van der Waals surface area contributed by atoms with Crippen LogP contribution in [0.25, 0.3) is 22.6 Å². The van der Waals surface area contributed by atoms with Gasteiger partial charge < -0.3 is 14.3 Å². The molecule has 4 rings (SSSR count). The third kappa shape index (κ3) is 2.65. The van der Waals surface area contributed by atoms with E-state index in [0.717, 1.165) is 16.7 Å². The number of anilines is 1. The number of oxazole rings is 1. The number of amides is 1. The largest absolute Gasteiger partial charge is 0.436 e. The summed E-state index contributed by atoms with van der Waals surface area (Å²) in [5.74, 6) is 0.313. The van der Waals surface area contributed by atoms with E-state index in [1.165, 1.54) is 0 Å². The fraction of sp³-hybridized carbons (Fsp3) is 0.0556. The summed E-state index contributed by atoms with van der Waals surface area (Å²) in [6.07, 6.45) is 0. The third-order valence-corrected chi connectivity index (χ3v) is 3.51. The third-order valence-electron chi connectivity index (χ3n) is 3.51. The minimum Gasteiger partial charge on any atom is -0.436 e. The number of aromatic nitrogens is 2. The van der Waals surface area contributed by atoms with Crippen LogP contribution >= 0.6 is 0 Å². The average molecular weight is 319 g/mol. The maximum absolute atomic E-state index is 12.1. The second-order valence-electron chi connectivity index (χ2n) is 5.35. The Kier molecular flexibility index (Phi) is 3.35. The molecular weight excluding hydrogens is 306 g/mol. The van der Waals surface area contributed by atoms with E-state index in [-0.39, 0.29) is 11.7 Å². The van der Waals surface area contributed by atoms with Crippen LogP contribution in [0.2, 0.25) is 0 Å². The predicted molar refractivity (Wildman–Crippen MR) is 88.6 cm³/mol. The normalized spacial score (nSPS) is 10.9. The van der Waals surface area contributed by atoms with Crippen LogP contribution in [-0.2, 0) is 0 Å². The molecule has 0 aliphatic heterocycles. The van der Waals surface area contributed by atoms with Crippen molar-refractivity contribution in [2.45, 2.75) is 6.92 Å². The van der Waals surface area contributed by atoms with Gasteiger partial charge in [-0.15, -0.1) is 0 Å². The lowest BCUT2D eigenvalue weighted by Crippen LogP contribution is -2.10. The molecule has 0 aliphatic rings. The molecule has 2 aromatic carbocycles. The molecule has 0 saturated heterocycles. The SMILES string of the molecule is Cc1cc(C(=O)Nc2cccc(-c3nc4ccccc4o3)c2)on1. The summed E-state index contributed by atoms with van der Waals surface area (Å²) >= 11 is 0. The first-order valence-electron chi connectivity index (χ1n) is 7.40. The number of hydrogen-bond donors (Lipinski definition) is 1. The van der Waals surface area contributed by atoms with Gasteiger partial charge in [0, 0.05) is 17.3 Å². The van der Waals surface area contributed by atoms with E-state index < -0.39 is 0 Å². The number of para-hydroxylation sites is 2. The second-order valence-corrected chi connectivity index (χ2v) is 5.35. The van der Waals surface area contributed by atoms with Crippen LogP contribution in [0.3, 0.4) is 0 Å². The molecule has 0 unspecified atom stereocenters. The molecule has 6 nitrogen and oxygen atoms in total. The summed E-state index contributed by atoms with van der Waals surface area (Å²) in [6, 6.07) is 16.4. The molecule has 0 aliphatic carbocycles. The maximum Gasteiger partial charge on any atom is 0.294 e. The number of carbonyl (C=O) groups is 1. The fourth-order valence-electron chi connectivity index (χ4n) is 2.39. The number of carbonyl (C=O) groups excluding carboxylic acids is 1. The molecule has 0 atom stereocenters. The Morgan fingerprint density at radius 3 is 2.75 bits per heavy atom. The second kappa shape index (κ2) is 5.66. The van der Waals surface area contributed by atoms with Crippen molar-refractivity contribution in [1.82, 2.24) is 10.1 Å². The zero-order valence-corrected chi connectivity index (χ0v) is 12.8. The minimum absolute atomic E-state index is 0.166. The van der Waals surface area contributed by atoms with E-state index in [1.807, 2.05) is 36.4 Å². The number of hydrogen-bond acceptors (Lipinski definition) is 5. The maximum atomic E-state index is 12.1. The summed E-state index contributed by atoms with van der Waals surface area (Å²) in [5.41, 5.74) is 3.56. The molecule has 2 aromatic heterocycles. The smallest absolute Gasteiger partial charge is 0.294 e. The molecule has 6 heteroatoms. The Labute approximate surface area is 137 Å². The van der Waals surface area contributed by atoms with Crippen molar-refractivity contribution in [1.29, 1.82) is 0 Å². The Morgan fingerprint density at radius 2 is 1.96 bits per heavy atom. The van der Waals surface area contributed by atoms with Crippen LogP contribution in [0, 0.1) is 6.92 Å². The number of nitrogens with zero attached hydrogens (tertiary/aromatic N) is 2. The molecule has 4 aromatic rings. The van der Waals surface area contributed by atoms with E-state index in [0.29, 0.717) is 17.3 Å². The van der Waals surface area contributed by atoms with Gasteiger partial charge in [-0.25, -0.2) is 4.98 Å². The lowest BCUT2D eigenvalue weighted by Gasteiger charge is -2.04. The molecule has 118 valence electrons. The van der Waals surface area contributed by atoms with E-state index >= 15 is 0 Å². The highest BCUT2D eigenvalue weighted by atomic mass is 16.5. The monoisotopic (exact) mass is 319 g/mol. The van der Waals surface area contributed by atoms with E-state index in [1.54, 1.807) is 25.1 Å². The Balaban J connectivity index is 1.62. The molecule has 1 amide bonds. The summed E-state index contributed by atoms with van der Waals surface area (Å²) in [4.78, 5) is 16.6. The molecule has 2 heterocycles. The summed E-state index contributed by atoms with van der Waals surface area (Å²) in [6.45, 7) is 1.76. The molecule has 1 N–H and O–H groups in total. The quantitative estimate of drug-likeness (QED) is 0.616. The highest BCUT2D eigenvalue weighted by molar-refractivity contribution is 6.02. The van der Waals surface area contributed by atoms with E-state index in [9.17, 15) is 4.79 Å². The fourth-order valence-corrected chi connectivity index (χ4v) is 2.39. The van der Waals surface area contributed by atoms with Crippen LogP contribution in [0.1, 0.15) is 16.2 Å². The van der Waals surface area contributed by atoms with Crippen molar-refractivity contribution >= 4 is 22.7 Å². The van der Waals surface area contributed by atoms with E-state index in [4.69, 9.17) is 8.94 Å².